The SMILES string of the molecule is CC(C)(C)c1cc2c3c(c1)C1(C)CCCCC1(C)CC3c1cc(-c3ccccc3)cc3c1B2N(c1ccc(-c2ccccc2)cc1)c1ccc(-c2ccccc2)cc1-3. The lowest BCUT2D eigenvalue weighted by atomic mass is 9.36. The summed E-state index contributed by atoms with van der Waals surface area (Å²) in [6, 6.07) is 60.1. The van der Waals surface area contributed by atoms with Gasteiger partial charge in [0.2, 0.25) is 0 Å². The largest absolute Gasteiger partial charge is 0.376 e. The van der Waals surface area contributed by atoms with E-state index >= 15 is 0 Å². The van der Waals surface area contributed by atoms with Gasteiger partial charge in [-0.1, -0.05) is 175 Å². The Morgan fingerprint density at radius 3 is 1.79 bits per heavy atom. The van der Waals surface area contributed by atoms with E-state index in [2.05, 4.69) is 197 Å². The van der Waals surface area contributed by atoms with E-state index < -0.39 is 0 Å². The fraction of sp³-hybridized carbons (Fsp3) is 0.250. The van der Waals surface area contributed by atoms with Crippen LogP contribution >= 0.6 is 0 Å². The van der Waals surface area contributed by atoms with E-state index in [0.29, 0.717) is 5.92 Å². The lowest BCUT2D eigenvalue weighted by Crippen LogP contribution is -2.64. The lowest BCUT2D eigenvalue weighted by molar-refractivity contribution is 0.0602. The van der Waals surface area contributed by atoms with E-state index in [0.717, 1.165) is 0 Å². The molecule has 0 bridgehead atoms. The van der Waals surface area contributed by atoms with Crippen molar-refractivity contribution in [3.63, 3.8) is 0 Å². The molecule has 2 heterocycles. The van der Waals surface area contributed by atoms with Crippen LogP contribution in [-0.4, -0.2) is 6.85 Å². The standard InChI is InChI=1S/C56H52BN/c1-54(2,3)43-34-49-52-48(36-55(4)29-15-16-30-56(49,55)5)47-33-42(39-21-13-8-14-22-39)32-46-45-31-41(38-19-11-7-12-20-38)25-28-51(45)58(57(53(46)47)50(52)35-43)44-26-23-40(24-27-44)37-17-9-6-10-18-37/h6-14,17-28,31-35,48H,15-16,29-30,36H2,1-5H3. The van der Waals surface area contributed by atoms with Crippen molar-refractivity contribution < 1.29 is 0 Å². The summed E-state index contributed by atoms with van der Waals surface area (Å²) in [5, 5.41) is 0. The predicted octanol–water partition coefficient (Wildman–Crippen LogP) is 13.6. The Hall–Kier alpha value is -5.60. The first-order valence-electron chi connectivity index (χ1n) is 21.7. The Kier molecular flexibility index (Phi) is 7.94. The molecule has 2 heteroatoms. The minimum atomic E-state index is 0.0134. The van der Waals surface area contributed by atoms with E-state index in [9.17, 15) is 0 Å². The third-order valence-electron chi connectivity index (χ3n) is 15.1. The number of fused-ring (bicyclic) bond motifs is 6. The van der Waals surface area contributed by atoms with Gasteiger partial charge < -0.3 is 4.81 Å². The Balaban J connectivity index is 1.25. The van der Waals surface area contributed by atoms with E-state index in [1.54, 1.807) is 11.1 Å². The molecule has 2 aliphatic carbocycles. The van der Waals surface area contributed by atoms with Crippen LogP contribution in [0.5, 0.6) is 0 Å². The van der Waals surface area contributed by atoms with Crippen molar-refractivity contribution in [2.45, 2.75) is 83.5 Å². The molecule has 7 aromatic carbocycles. The van der Waals surface area contributed by atoms with Gasteiger partial charge in [0, 0.05) is 22.9 Å². The Labute approximate surface area is 345 Å². The average Bonchev–Trinajstić information content (AvgIpc) is 3.25. The number of anilines is 2. The zero-order valence-electron chi connectivity index (χ0n) is 34.6. The van der Waals surface area contributed by atoms with Gasteiger partial charge in [-0.25, -0.2) is 0 Å². The van der Waals surface area contributed by atoms with E-state index in [-0.39, 0.29) is 23.1 Å². The number of rotatable bonds is 4. The van der Waals surface area contributed by atoms with Crippen molar-refractivity contribution in [3.8, 4) is 44.5 Å². The van der Waals surface area contributed by atoms with E-state index in [4.69, 9.17) is 0 Å². The fourth-order valence-corrected chi connectivity index (χ4v) is 11.7. The summed E-state index contributed by atoms with van der Waals surface area (Å²) in [5.74, 6) is 0.338. The van der Waals surface area contributed by atoms with Gasteiger partial charge in [-0.2, -0.15) is 0 Å². The fourth-order valence-electron chi connectivity index (χ4n) is 11.7. The highest BCUT2D eigenvalue weighted by Gasteiger charge is 2.57. The summed E-state index contributed by atoms with van der Waals surface area (Å²) in [5.41, 5.74) is 22.5. The third kappa shape index (κ3) is 5.30. The van der Waals surface area contributed by atoms with Crippen LogP contribution in [0.2, 0.25) is 0 Å². The summed E-state index contributed by atoms with van der Waals surface area (Å²) >= 11 is 0. The van der Waals surface area contributed by atoms with Gasteiger partial charge in [-0.05, 0) is 138 Å². The second-order valence-corrected chi connectivity index (χ2v) is 19.3. The highest BCUT2D eigenvalue weighted by atomic mass is 15.1. The summed E-state index contributed by atoms with van der Waals surface area (Å²) < 4.78 is 0. The van der Waals surface area contributed by atoms with Gasteiger partial charge >= 0.3 is 6.85 Å². The van der Waals surface area contributed by atoms with Gasteiger partial charge in [0.15, 0.2) is 0 Å². The topological polar surface area (TPSA) is 3.24 Å². The molecule has 0 amide bonds. The van der Waals surface area contributed by atoms with Crippen LogP contribution in [0.1, 0.15) is 94.9 Å². The Bertz CT molecular complexity index is 2710. The molecule has 1 saturated carbocycles. The molecule has 0 aromatic heterocycles. The molecule has 3 unspecified atom stereocenters. The lowest BCUT2D eigenvalue weighted by Gasteiger charge is -2.59. The first-order chi connectivity index (χ1) is 28.1. The van der Waals surface area contributed by atoms with Crippen LogP contribution < -0.4 is 15.7 Å². The molecule has 0 spiro atoms. The smallest absolute Gasteiger partial charge is 0.329 e. The minimum Gasteiger partial charge on any atom is -0.376 e. The highest BCUT2D eigenvalue weighted by molar-refractivity contribution is 6.92. The molecule has 2 aliphatic heterocycles. The number of benzene rings is 7. The first kappa shape index (κ1) is 35.6. The molecular formula is C56H52BN. The molecule has 1 nitrogen and oxygen atoms in total. The molecule has 4 aliphatic rings. The van der Waals surface area contributed by atoms with E-state index in [1.165, 1.54) is 110 Å². The zero-order chi connectivity index (χ0) is 39.4. The van der Waals surface area contributed by atoms with Crippen LogP contribution in [-0.2, 0) is 10.8 Å². The van der Waals surface area contributed by atoms with Crippen molar-refractivity contribution in [2.75, 3.05) is 4.81 Å². The van der Waals surface area contributed by atoms with Crippen molar-refractivity contribution in [3.05, 3.63) is 180 Å². The molecule has 284 valence electrons. The Morgan fingerprint density at radius 2 is 1.14 bits per heavy atom. The maximum Gasteiger partial charge on any atom is 0.329 e. The molecule has 7 aromatic rings. The molecule has 11 rings (SSSR count). The summed E-state index contributed by atoms with van der Waals surface area (Å²) in [4.78, 5) is 2.72. The monoisotopic (exact) mass is 749 g/mol. The van der Waals surface area contributed by atoms with E-state index in [1.807, 2.05) is 0 Å². The number of hydrogen-bond acceptors (Lipinski definition) is 1. The van der Waals surface area contributed by atoms with Gasteiger partial charge in [-0.3, -0.25) is 0 Å². The summed E-state index contributed by atoms with van der Waals surface area (Å²) in [6.07, 6.45) is 6.39. The van der Waals surface area contributed by atoms with Crippen molar-refractivity contribution in [1.29, 1.82) is 0 Å². The second kappa shape index (κ2) is 13.0. The first-order valence-corrected chi connectivity index (χ1v) is 21.7. The normalized spacial score (nSPS) is 21.4. The van der Waals surface area contributed by atoms with Crippen molar-refractivity contribution >= 4 is 29.1 Å². The Morgan fingerprint density at radius 1 is 0.569 bits per heavy atom. The maximum atomic E-state index is 2.72. The summed E-state index contributed by atoms with van der Waals surface area (Å²) in [6.45, 7) is 12.6. The van der Waals surface area contributed by atoms with Gasteiger partial charge in [-0.15, -0.1) is 0 Å². The molecule has 3 atom stereocenters. The van der Waals surface area contributed by atoms with Crippen LogP contribution in [0, 0.1) is 5.41 Å². The van der Waals surface area contributed by atoms with Crippen LogP contribution in [0.15, 0.2) is 158 Å². The van der Waals surface area contributed by atoms with Crippen LogP contribution in [0.4, 0.5) is 11.4 Å². The van der Waals surface area contributed by atoms with Crippen LogP contribution in [0.3, 0.4) is 0 Å². The summed E-state index contributed by atoms with van der Waals surface area (Å²) in [7, 11) is 0. The van der Waals surface area contributed by atoms with Crippen LogP contribution in [0.25, 0.3) is 44.5 Å². The maximum absolute atomic E-state index is 2.72. The highest BCUT2D eigenvalue weighted by Crippen LogP contribution is 2.63. The molecule has 0 saturated heterocycles. The molecular weight excluding hydrogens is 697 g/mol. The van der Waals surface area contributed by atoms with Crippen molar-refractivity contribution in [2.24, 2.45) is 5.41 Å². The van der Waals surface area contributed by atoms with Gasteiger partial charge in [0.05, 0.1) is 0 Å². The predicted molar refractivity (Wildman–Crippen MR) is 247 cm³/mol. The third-order valence-corrected chi connectivity index (χ3v) is 15.1. The van der Waals surface area contributed by atoms with Gasteiger partial charge in [0.25, 0.3) is 0 Å². The quantitative estimate of drug-likeness (QED) is 0.162. The number of nitrogens with zero attached hydrogens (tertiary/aromatic N) is 1. The zero-order valence-corrected chi connectivity index (χ0v) is 34.6. The average molecular weight is 750 g/mol. The second-order valence-electron chi connectivity index (χ2n) is 19.3. The van der Waals surface area contributed by atoms with Crippen molar-refractivity contribution in [1.82, 2.24) is 0 Å². The number of hydrogen-bond donors (Lipinski definition) is 0. The molecule has 0 N–H and O–H groups in total. The van der Waals surface area contributed by atoms with Gasteiger partial charge in [0.1, 0.15) is 0 Å². The molecule has 0 radical (unpaired) electrons. The molecule has 58 heavy (non-hydrogen) atoms. The molecule has 1 fully saturated rings. The minimum absolute atomic E-state index is 0.0134.